The Morgan fingerprint density at radius 3 is 2.16 bits per heavy atom. The van der Waals surface area contributed by atoms with E-state index >= 15 is 0 Å². The molecule has 0 radical (unpaired) electrons. The van der Waals surface area contributed by atoms with Crippen molar-refractivity contribution >= 4 is 40.4 Å². The van der Waals surface area contributed by atoms with Gasteiger partial charge in [-0.05, 0) is 62.4 Å². The summed E-state index contributed by atoms with van der Waals surface area (Å²) in [5, 5.41) is 6.02. The van der Waals surface area contributed by atoms with Gasteiger partial charge in [-0.15, -0.1) is 11.3 Å². The molecule has 0 saturated carbocycles. The number of carbonyl (C=O) groups excluding carboxylic acids is 3. The molecule has 0 saturated heterocycles. The number of likely N-dealkylation sites (N-methyl/N-ethyl adjacent to an activating group) is 1. The minimum atomic E-state index is -0.341. The summed E-state index contributed by atoms with van der Waals surface area (Å²) < 4.78 is 13.2. The lowest BCUT2D eigenvalue weighted by Gasteiger charge is -2.20. The maximum Gasteiger partial charge on any atom is 0.266 e. The summed E-state index contributed by atoms with van der Waals surface area (Å²) in [6.45, 7) is 5.17. The van der Waals surface area contributed by atoms with E-state index in [1.165, 1.54) is 35.3 Å². The van der Waals surface area contributed by atoms with Crippen LogP contribution >= 0.6 is 11.3 Å². The average molecular weight is 455 g/mol. The fourth-order valence-corrected chi connectivity index (χ4v) is 4.04. The largest absolute Gasteiger partial charge is 0.329 e. The summed E-state index contributed by atoms with van der Waals surface area (Å²) in [6.07, 6.45) is 0. The Morgan fingerprint density at radius 1 is 1.00 bits per heavy atom. The first-order chi connectivity index (χ1) is 15.3. The van der Waals surface area contributed by atoms with E-state index in [0.717, 1.165) is 5.56 Å². The third-order valence-electron chi connectivity index (χ3n) is 4.57. The van der Waals surface area contributed by atoms with E-state index in [4.69, 9.17) is 0 Å². The van der Waals surface area contributed by atoms with Crippen LogP contribution in [0.1, 0.15) is 29.2 Å². The SMILES string of the molecule is CCN(CC(=O)Nc1ccc(NC(C)=O)cc1)C(=O)c1sc(-c2ccc(F)cc2)nc1C. The van der Waals surface area contributed by atoms with Gasteiger partial charge in [0.1, 0.15) is 22.2 Å². The van der Waals surface area contributed by atoms with Gasteiger partial charge in [-0.1, -0.05) is 0 Å². The quantitative estimate of drug-likeness (QED) is 0.556. The zero-order valence-electron chi connectivity index (χ0n) is 17.9. The number of benzene rings is 2. The first kappa shape index (κ1) is 23.1. The molecule has 3 rings (SSSR count). The van der Waals surface area contributed by atoms with Crippen LogP contribution in [0, 0.1) is 12.7 Å². The monoisotopic (exact) mass is 454 g/mol. The number of carbonyl (C=O) groups is 3. The molecule has 0 spiro atoms. The molecule has 0 unspecified atom stereocenters. The number of nitrogens with zero attached hydrogens (tertiary/aromatic N) is 2. The van der Waals surface area contributed by atoms with Crippen molar-refractivity contribution < 1.29 is 18.8 Å². The van der Waals surface area contributed by atoms with Crippen molar-refractivity contribution in [3.63, 3.8) is 0 Å². The molecule has 9 heteroatoms. The lowest BCUT2D eigenvalue weighted by atomic mass is 10.2. The standard InChI is InChI=1S/C23H23FN4O3S/c1-4-28(13-20(30)27-19-11-9-18(10-12-19)26-15(3)29)23(31)21-14(2)25-22(32-21)16-5-7-17(24)8-6-16/h5-12H,4,13H2,1-3H3,(H,26,29)(H,27,30). The van der Waals surface area contributed by atoms with Gasteiger partial charge in [0.15, 0.2) is 0 Å². The van der Waals surface area contributed by atoms with E-state index in [1.54, 1.807) is 50.2 Å². The molecule has 0 bridgehead atoms. The van der Waals surface area contributed by atoms with Crippen LogP contribution in [0.25, 0.3) is 10.6 Å². The second-order valence-electron chi connectivity index (χ2n) is 7.07. The van der Waals surface area contributed by atoms with Crippen molar-refractivity contribution in [2.24, 2.45) is 0 Å². The fourth-order valence-electron chi connectivity index (χ4n) is 3.00. The van der Waals surface area contributed by atoms with Crippen LogP contribution in [0.4, 0.5) is 15.8 Å². The zero-order valence-corrected chi connectivity index (χ0v) is 18.8. The molecule has 0 fully saturated rings. The molecule has 1 aromatic heterocycles. The lowest BCUT2D eigenvalue weighted by molar-refractivity contribution is -0.117. The Morgan fingerprint density at radius 2 is 1.59 bits per heavy atom. The number of rotatable bonds is 7. The van der Waals surface area contributed by atoms with Crippen LogP contribution in [0.15, 0.2) is 48.5 Å². The Labute approximate surface area is 189 Å². The van der Waals surface area contributed by atoms with Gasteiger partial charge in [0.2, 0.25) is 11.8 Å². The predicted molar refractivity (Wildman–Crippen MR) is 123 cm³/mol. The van der Waals surface area contributed by atoms with Crippen molar-refractivity contribution in [2.75, 3.05) is 23.7 Å². The van der Waals surface area contributed by atoms with Gasteiger partial charge in [-0.25, -0.2) is 9.37 Å². The van der Waals surface area contributed by atoms with Crippen molar-refractivity contribution in [1.82, 2.24) is 9.88 Å². The summed E-state index contributed by atoms with van der Waals surface area (Å²) in [7, 11) is 0. The van der Waals surface area contributed by atoms with Gasteiger partial charge < -0.3 is 15.5 Å². The van der Waals surface area contributed by atoms with Crippen molar-refractivity contribution in [2.45, 2.75) is 20.8 Å². The molecule has 166 valence electrons. The molecule has 1 heterocycles. The number of thiazole rings is 1. The van der Waals surface area contributed by atoms with Gasteiger partial charge >= 0.3 is 0 Å². The highest BCUT2D eigenvalue weighted by Crippen LogP contribution is 2.29. The predicted octanol–water partition coefficient (Wildman–Crippen LogP) is 4.32. The second kappa shape index (κ2) is 10.1. The third-order valence-corrected chi connectivity index (χ3v) is 5.77. The second-order valence-corrected chi connectivity index (χ2v) is 8.07. The zero-order chi connectivity index (χ0) is 23.3. The number of amides is 3. The normalized spacial score (nSPS) is 10.5. The van der Waals surface area contributed by atoms with Gasteiger partial charge in [0, 0.05) is 30.4 Å². The van der Waals surface area contributed by atoms with E-state index < -0.39 is 0 Å². The van der Waals surface area contributed by atoms with Crippen molar-refractivity contribution in [1.29, 1.82) is 0 Å². The summed E-state index contributed by atoms with van der Waals surface area (Å²) in [6, 6.07) is 12.6. The number of nitrogens with one attached hydrogen (secondary N) is 2. The van der Waals surface area contributed by atoms with Crippen molar-refractivity contribution in [3.8, 4) is 10.6 Å². The van der Waals surface area contributed by atoms with Crippen LogP contribution in [0.2, 0.25) is 0 Å². The Hall–Kier alpha value is -3.59. The summed E-state index contributed by atoms with van der Waals surface area (Å²) in [5.74, 6) is -1.15. The average Bonchev–Trinajstić information content (AvgIpc) is 3.14. The molecular formula is C23H23FN4O3S. The minimum absolute atomic E-state index is 0.119. The molecule has 2 N–H and O–H groups in total. The summed E-state index contributed by atoms with van der Waals surface area (Å²) in [4.78, 5) is 43.0. The van der Waals surface area contributed by atoms with Gasteiger partial charge in [-0.2, -0.15) is 0 Å². The molecule has 3 amide bonds. The number of aryl methyl sites for hydroxylation is 1. The lowest BCUT2D eigenvalue weighted by Crippen LogP contribution is -2.37. The highest BCUT2D eigenvalue weighted by atomic mass is 32.1. The highest BCUT2D eigenvalue weighted by Gasteiger charge is 2.23. The van der Waals surface area contributed by atoms with E-state index in [0.29, 0.717) is 33.5 Å². The third kappa shape index (κ3) is 5.76. The molecule has 32 heavy (non-hydrogen) atoms. The number of aromatic nitrogens is 1. The van der Waals surface area contributed by atoms with Crippen LogP contribution in [0.5, 0.6) is 0 Å². The van der Waals surface area contributed by atoms with Gasteiger partial charge in [0.05, 0.1) is 5.69 Å². The topological polar surface area (TPSA) is 91.4 Å². The molecule has 0 aliphatic carbocycles. The first-order valence-corrected chi connectivity index (χ1v) is 10.8. The van der Waals surface area contributed by atoms with E-state index in [-0.39, 0.29) is 30.1 Å². The van der Waals surface area contributed by atoms with E-state index in [2.05, 4.69) is 15.6 Å². The first-order valence-electron chi connectivity index (χ1n) is 9.97. The molecule has 7 nitrogen and oxygen atoms in total. The fraction of sp³-hybridized carbons (Fsp3) is 0.217. The van der Waals surface area contributed by atoms with Gasteiger partial charge in [-0.3, -0.25) is 14.4 Å². The van der Waals surface area contributed by atoms with E-state index in [9.17, 15) is 18.8 Å². The van der Waals surface area contributed by atoms with Crippen LogP contribution in [-0.2, 0) is 9.59 Å². The maximum atomic E-state index is 13.2. The molecule has 3 aromatic rings. The Balaban J connectivity index is 1.67. The Bertz CT molecular complexity index is 1130. The highest BCUT2D eigenvalue weighted by molar-refractivity contribution is 7.17. The van der Waals surface area contributed by atoms with Crippen LogP contribution in [-0.4, -0.2) is 40.7 Å². The smallest absolute Gasteiger partial charge is 0.266 e. The number of halogens is 1. The number of hydrogen-bond acceptors (Lipinski definition) is 5. The summed E-state index contributed by atoms with van der Waals surface area (Å²) >= 11 is 1.22. The molecule has 0 atom stereocenters. The van der Waals surface area contributed by atoms with Crippen molar-refractivity contribution in [3.05, 3.63) is 64.9 Å². The number of hydrogen-bond donors (Lipinski definition) is 2. The molecule has 0 aliphatic heterocycles. The van der Waals surface area contributed by atoms with Crippen LogP contribution < -0.4 is 10.6 Å². The molecule has 2 aromatic carbocycles. The minimum Gasteiger partial charge on any atom is -0.329 e. The molecule has 0 aliphatic rings. The summed E-state index contributed by atoms with van der Waals surface area (Å²) in [5.41, 5.74) is 2.47. The number of anilines is 2. The van der Waals surface area contributed by atoms with E-state index in [1.807, 2.05) is 0 Å². The molecular weight excluding hydrogens is 431 g/mol. The maximum absolute atomic E-state index is 13.2. The van der Waals surface area contributed by atoms with Gasteiger partial charge in [0.25, 0.3) is 5.91 Å². The van der Waals surface area contributed by atoms with Crippen LogP contribution in [0.3, 0.4) is 0 Å². The Kier molecular flexibility index (Phi) is 7.32.